The summed E-state index contributed by atoms with van der Waals surface area (Å²) in [7, 11) is 0. The average Bonchev–Trinajstić information content (AvgIpc) is 1.36. The summed E-state index contributed by atoms with van der Waals surface area (Å²) in [6.07, 6.45) is 41.3. The molecule has 0 saturated heterocycles. The molecule has 0 radical (unpaired) electrons. The number of nitriles is 5. The lowest BCUT2D eigenvalue weighted by Gasteiger charge is -2.22. The lowest BCUT2D eigenvalue weighted by Crippen LogP contribution is -2.28. The van der Waals surface area contributed by atoms with Gasteiger partial charge in [0.1, 0.15) is 70.6 Å². The Labute approximate surface area is 707 Å². The van der Waals surface area contributed by atoms with E-state index in [1.807, 2.05) is 0 Å². The molecule has 15 aromatic rings. The molecule has 15 aromatic heterocycles. The summed E-state index contributed by atoms with van der Waals surface area (Å²) in [5.74, 6) is 1.47. The molecule has 0 aliphatic heterocycles. The van der Waals surface area contributed by atoms with Gasteiger partial charge in [-0.05, 0) is 106 Å². The van der Waals surface area contributed by atoms with Crippen molar-refractivity contribution in [2.75, 3.05) is 0 Å². The molecule has 5 atom stereocenters. The zero-order chi connectivity index (χ0) is 86.9. The summed E-state index contributed by atoms with van der Waals surface area (Å²) in [6, 6.07) is 15.3. The summed E-state index contributed by atoms with van der Waals surface area (Å²) >= 11 is 0. The zero-order valence-electron chi connectivity index (χ0n) is 67.8. The number of aromatic hydroxyl groups is 4. The van der Waals surface area contributed by atoms with Gasteiger partial charge in [0.25, 0.3) is 27.8 Å². The van der Waals surface area contributed by atoms with Crippen molar-refractivity contribution in [1.82, 2.24) is 124 Å². The normalized spacial score (nSPS) is 16.3. The molecule has 40 heteroatoms. The molecule has 0 spiro atoms. The zero-order valence-corrected chi connectivity index (χ0v) is 67.8. The fraction of sp³-hybridized carbons (Fsp3) is 0.412. The van der Waals surface area contributed by atoms with Crippen LogP contribution >= 0.6 is 0 Å². The molecule has 0 amide bonds. The molecule has 5 fully saturated rings. The Morgan fingerprint density at radius 2 is 0.792 bits per heavy atom. The number of nitrogens with zero attached hydrogens (tertiary/aromatic N) is 19. The Hall–Kier alpha value is -15.4. The highest BCUT2D eigenvalue weighted by Gasteiger charge is 2.36. The van der Waals surface area contributed by atoms with Gasteiger partial charge in [-0.15, -0.1) is 0 Å². The van der Waals surface area contributed by atoms with Crippen LogP contribution in [-0.4, -0.2) is 144 Å². The van der Waals surface area contributed by atoms with Crippen molar-refractivity contribution in [3.63, 3.8) is 0 Å². The first kappa shape index (κ1) is 83.3. The quantitative estimate of drug-likeness (QED) is 0.0337. The molecule has 40 nitrogen and oxygen atoms in total. The van der Waals surface area contributed by atoms with Crippen molar-refractivity contribution in [3.8, 4) is 110 Å². The number of aromatic amines is 11. The maximum absolute atomic E-state index is 13.0. The monoisotopic (exact) mass is 1690 g/mol. The lowest BCUT2D eigenvalue weighted by atomic mass is 9.96. The Kier molecular flexibility index (Phi) is 24.6. The molecule has 640 valence electrons. The number of nitrogens with one attached hydrogen (secondary N) is 11. The van der Waals surface area contributed by atoms with Crippen LogP contribution < -0.4 is 33.5 Å². The van der Waals surface area contributed by atoms with E-state index in [0.29, 0.717) is 149 Å². The van der Waals surface area contributed by atoms with Crippen LogP contribution in [0.15, 0.2) is 122 Å². The van der Waals surface area contributed by atoms with Crippen molar-refractivity contribution >= 4 is 55.2 Å². The van der Waals surface area contributed by atoms with E-state index in [1.54, 1.807) is 68.0 Å². The highest BCUT2D eigenvalue weighted by Crippen LogP contribution is 2.44. The first-order valence-electron chi connectivity index (χ1n) is 42.0. The van der Waals surface area contributed by atoms with Gasteiger partial charge in [-0.2, -0.15) is 31.3 Å². The summed E-state index contributed by atoms with van der Waals surface area (Å²) < 4.78 is 7.86. The minimum absolute atomic E-state index is 0.00196. The van der Waals surface area contributed by atoms with Crippen molar-refractivity contribution in [2.45, 2.75) is 191 Å². The SMILES string of the molecule is N#CCC(C1CCCC1)n1[nH]c(=O)c(-c2ncnc3[nH]ccc23)c1O.N#CCC(C1CCCC1)n1[nH]cc(-c2[nH]c(=O)nc3[nH]ccc23)c1=O.N#CCC(C1CCCC1)n1[nH]cc(-c2ncnc3[nH]c(O)cc23)c1=O.N#CCC(C1CCCC1)n1[nH]cc(-c2ncnc3[nH]cc(O)c23)c1=O.N#CCC(C1CCCC1)n1cc(-c2ncnc3[nH]cc(O)c23)c(=O)[nH]1. The Balaban J connectivity index is 0.000000115. The van der Waals surface area contributed by atoms with E-state index in [1.165, 1.54) is 48.5 Å². The fourth-order valence-corrected chi connectivity index (χ4v) is 19.3. The smallest absolute Gasteiger partial charge is 0.347 e. The molecule has 0 bridgehead atoms. The highest BCUT2D eigenvalue weighted by atomic mass is 16.3. The van der Waals surface area contributed by atoms with Crippen LogP contribution in [-0.2, 0) is 0 Å². The topological polar surface area (TPSA) is 617 Å². The van der Waals surface area contributed by atoms with Gasteiger partial charge in [-0.3, -0.25) is 38.9 Å². The minimum atomic E-state index is -0.513. The number of hydrogen-bond donors (Lipinski definition) is 15. The maximum atomic E-state index is 13.0. The first-order valence-corrected chi connectivity index (χ1v) is 42.0. The van der Waals surface area contributed by atoms with E-state index in [0.717, 1.165) is 128 Å². The van der Waals surface area contributed by atoms with Gasteiger partial charge in [0.15, 0.2) is 5.88 Å². The summed E-state index contributed by atoms with van der Waals surface area (Å²) in [5, 5.41) is 104. The molecule has 0 aromatic carbocycles. The van der Waals surface area contributed by atoms with Gasteiger partial charge in [-0.25, -0.2) is 63.4 Å². The molecule has 20 rings (SSSR count). The van der Waals surface area contributed by atoms with Gasteiger partial charge in [-0.1, -0.05) is 64.2 Å². The molecule has 5 unspecified atom stereocenters. The van der Waals surface area contributed by atoms with Crippen LogP contribution in [0.25, 0.3) is 111 Å². The average molecular weight is 1690 g/mol. The first-order chi connectivity index (χ1) is 61.0. The van der Waals surface area contributed by atoms with Crippen LogP contribution in [0.4, 0.5) is 0 Å². The minimum Gasteiger partial charge on any atom is -0.506 e. The maximum Gasteiger partial charge on any atom is 0.347 e. The van der Waals surface area contributed by atoms with Crippen molar-refractivity contribution in [1.29, 1.82) is 26.3 Å². The molecule has 125 heavy (non-hydrogen) atoms. The lowest BCUT2D eigenvalue weighted by molar-refractivity contribution is 0.277. The third kappa shape index (κ3) is 16.7. The van der Waals surface area contributed by atoms with Crippen LogP contribution in [0.2, 0.25) is 0 Å². The van der Waals surface area contributed by atoms with Crippen molar-refractivity contribution in [2.24, 2.45) is 29.6 Å². The largest absolute Gasteiger partial charge is 0.506 e. The van der Waals surface area contributed by atoms with E-state index in [2.05, 4.69) is 131 Å². The number of aromatic nitrogens is 25. The number of hydrogen-bond acceptors (Lipinski definition) is 24. The fourth-order valence-electron chi connectivity index (χ4n) is 19.3. The number of rotatable bonds is 20. The Bertz CT molecular complexity index is 6910. The highest BCUT2D eigenvalue weighted by molar-refractivity contribution is 5.97. The van der Waals surface area contributed by atoms with Gasteiger partial charge in [0, 0.05) is 71.8 Å². The molecule has 5 aliphatic carbocycles. The summed E-state index contributed by atoms with van der Waals surface area (Å²) in [5.41, 5.74) is 4.26. The third-order valence-electron chi connectivity index (χ3n) is 25.3. The second kappa shape index (κ2) is 36.9. The van der Waals surface area contributed by atoms with E-state index in [9.17, 15) is 75.5 Å². The van der Waals surface area contributed by atoms with Gasteiger partial charge in [0.2, 0.25) is 5.88 Å². The van der Waals surface area contributed by atoms with Crippen LogP contribution in [0.3, 0.4) is 0 Å². The predicted octanol–water partition coefficient (Wildman–Crippen LogP) is 11.9. The number of fused-ring (bicyclic) bond motifs is 5. The van der Waals surface area contributed by atoms with Gasteiger partial charge in [0.05, 0.1) is 154 Å². The van der Waals surface area contributed by atoms with Gasteiger partial charge < -0.3 is 65.6 Å². The molecular weight excluding hydrogens is 1600 g/mol. The molecule has 15 N–H and O–H groups in total. The van der Waals surface area contributed by atoms with Crippen LogP contribution in [0, 0.1) is 86.2 Å². The van der Waals surface area contributed by atoms with E-state index >= 15 is 0 Å². The third-order valence-corrected chi connectivity index (χ3v) is 25.3. The molecule has 5 aliphatic rings. The predicted molar refractivity (Wildman–Crippen MR) is 455 cm³/mol. The van der Waals surface area contributed by atoms with Crippen molar-refractivity contribution < 1.29 is 20.4 Å². The van der Waals surface area contributed by atoms with E-state index in [4.69, 9.17) is 0 Å². The molecular formula is C85H90N30O10. The van der Waals surface area contributed by atoms with Crippen LogP contribution in [0.5, 0.6) is 23.3 Å². The second-order valence-corrected chi connectivity index (χ2v) is 32.4. The van der Waals surface area contributed by atoms with E-state index in [-0.39, 0.29) is 100 Å². The Morgan fingerprint density at radius 3 is 1.29 bits per heavy atom. The molecule has 15 heterocycles. The second-order valence-electron chi connectivity index (χ2n) is 32.4. The summed E-state index contributed by atoms with van der Waals surface area (Å²) in [6.45, 7) is 0. The Morgan fingerprint density at radius 1 is 0.392 bits per heavy atom. The van der Waals surface area contributed by atoms with Gasteiger partial charge >= 0.3 is 5.69 Å². The standard InChI is InChI=1S/5C17H18N6O2/c18-7-5-13(10-3-1-2-4-10)23-16(24)12(9-20-23)14-11-6-8-19-15(11)22-17(25)21-14;18-7-5-12(10-3-1-2-4-10)23-17(25)13(16(24)22-23)14-11-6-8-19-15(11)21-9-20-14;18-6-5-12(10-3-1-2-4-10)23-8-11(17(25)22-23)15-14-13(24)7-19-16(14)21-9-20-15;18-6-5-13(10-3-1-2-4-10)23-17(25)12(8-21-23)15-11-7-14(24)22-16(11)20-9-19-15;18-6-5-12(10-3-1-2-4-10)23-17(25)11(7-22-23)15-14-13(24)8-19-16(14)21-9-20-15/h6,8-10,13,20H,1-5H2,(H2,19,21,22,25);6,8-10,12,25H,1-5H2,(H,22,24)(H,19,20,21);7-10,12,24H,1-5H2,(H,22,25)(H,19,20,21);7-10,13,21,24H,1-5H2,(H,19,20,22);7-10,12,22,24H,1-5H2,(H,19,20,21). The summed E-state index contributed by atoms with van der Waals surface area (Å²) in [4.78, 5) is 130. The number of H-pyrrole nitrogens is 11. The van der Waals surface area contributed by atoms with E-state index < -0.39 is 11.2 Å². The van der Waals surface area contributed by atoms with Crippen LogP contribution in [0.1, 0.15) is 191 Å². The molecule has 5 saturated carbocycles. The van der Waals surface area contributed by atoms with Crippen molar-refractivity contribution in [3.05, 3.63) is 155 Å².